The van der Waals surface area contributed by atoms with E-state index in [1.54, 1.807) is 0 Å². The maximum absolute atomic E-state index is 11.8. The van der Waals surface area contributed by atoms with Crippen molar-refractivity contribution < 1.29 is 21.6 Å². The van der Waals surface area contributed by atoms with Crippen LogP contribution in [-0.2, 0) is 15.6 Å². The van der Waals surface area contributed by atoms with Crippen LogP contribution in [0.25, 0.3) is 0 Å². The average molecular weight is 250 g/mol. The number of hydrogen-bond donors (Lipinski definition) is 0. The summed E-state index contributed by atoms with van der Waals surface area (Å²) in [5.74, 6) is 0. The van der Waals surface area contributed by atoms with Crippen LogP contribution < -0.4 is 0 Å². The normalized spacial score (nSPS) is 13.1. The summed E-state index contributed by atoms with van der Waals surface area (Å²) >= 11 is 0. The fourth-order valence-electron chi connectivity index (χ4n) is 0.630. The Balaban J connectivity index is 2.90. The summed E-state index contributed by atoms with van der Waals surface area (Å²) in [5.41, 5.74) is 0. The van der Waals surface area contributed by atoms with Gasteiger partial charge in [-0.2, -0.15) is 23.1 Å². The maximum Gasteiger partial charge on any atom is 0.409 e. The van der Waals surface area contributed by atoms with Gasteiger partial charge in [-0.05, 0) is 0 Å². The first-order chi connectivity index (χ1) is 6.18. The fourth-order valence-corrected chi connectivity index (χ4v) is 1.21. The van der Waals surface area contributed by atoms with E-state index in [2.05, 4.69) is 10.2 Å². The van der Waals surface area contributed by atoms with Crippen molar-refractivity contribution in [2.24, 2.45) is 0 Å². The Morgan fingerprint density at radius 3 is 2.43 bits per heavy atom. The van der Waals surface area contributed by atoms with Crippen LogP contribution in [0.4, 0.5) is 13.2 Å². The summed E-state index contributed by atoms with van der Waals surface area (Å²) in [4.78, 5) is 0.204. The van der Waals surface area contributed by atoms with E-state index in [1.165, 1.54) is 0 Å². The lowest BCUT2D eigenvalue weighted by Gasteiger charge is -2.03. The molecule has 10 heteroatoms. The van der Waals surface area contributed by atoms with E-state index in [4.69, 9.17) is 10.7 Å². The molecular weight excluding hydrogens is 247 g/mol. The SMILES string of the molecule is O=S(=O)(Cl)c1cnn(CC(F)(F)F)n1. The molecule has 80 valence electrons. The van der Waals surface area contributed by atoms with E-state index < -0.39 is 26.8 Å². The molecule has 1 aromatic rings. The quantitative estimate of drug-likeness (QED) is 0.726. The molecule has 0 atom stereocenters. The van der Waals surface area contributed by atoms with Gasteiger partial charge in [0.05, 0.1) is 6.20 Å². The monoisotopic (exact) mass is 249 g/mol. The van der Waals surface area contributed by atoms with Crippen molar-refractivity contribution in [2.45, 2.75) is 17.7 Å². The zero-order valence-electron chi connectivity index (χ0n) is 6.36. The van der Waals surface area contributed by atoms with Gasteiger partial charge in [0, 0.05) is 10.7 Å². The van der Waals surface area contributed by atoms with Crippen molar-refractivity contribution >= 4 is 19.7 Å². The smallest absolute Gasteiger partial charge is 0.205 e. The molecule has 0 unspecified atom stereocenters. The second kappa shape index (κ2) is 3.39. The molecule has 0 saturated carbocycles. The Labute approximate surface area is 80.9 Å². The number of rotatable bonds is 2. The fraction of sp³-hybridized carbons (Fsp3) is 0.500. The Hall–Kier alpha value is -0.830. The third-order valence-electron chi connectivity index (χ3n) is 1.09. The number of nitrogens with zero attached hydrogens (tertiary/aromatic N) is 3. The van der Waals surface area contributed by atoms with Gasteiger partial charge in [-0.3, -0.25) is 0 Å². The largest absolute Gasteiger partial charge is 0.409 e. The highest BCUT2D eigenvalue weighted by atomic mass is 35.7. The highest BCUT2D eigenvalue weighted by molar-refractivity contribution is 8.13. The van der Waals surface area contributed by atoms with Crippen LogP contribution in [0.3, 0.4) is 0 Å². The maximum atomic E-state index is 11.8. The zero-order chi connectivity index (χ0) is 11.0. The van der Waals surface area contributed by atoms with E-state index in [-0.39, 0.29) is 4.80 Å². The van der Waals surface area contributed by atoms with Crippen molar-refractivity contribution in [1.82, 2.24) is 15.0 Å². The van der Waals surface area contributed by atoms with E-state index in [1.807, 2.05) is 0 Å². The van der Waals surface area contributed by atoms with Gasteiger partial charge in [0.15, 0.2) is 6.54 Å². The van der Waals surface area contributed by atoms with Crippen LogP contribution in [0.1, 0.15) is 0 Å². The molecule has 0 saturated heterocycles. The van der Waals surface area contributed by atoms with E-state index >= 15 is 0 Å². The molecule has 1 aromatic heterocycles. The second-order valence-electron chi connectivity index (χ2n) is 2.27. The van der Waals surface area contributed by atoms with E-state index in [0.717, 1.165) is 0 Å². The zero-order valence-corrected chi connectivity index (χ0v) is 7.94. The first-order valence-electron chi connectivity index (χ1n) is 3.10. The molecule has 0 fully saturated rings. The van der Waals surface area contributed by atoms with Crippen LogP contribution in [0, 0.1) is 0 Å². The first-order valence-corrected chi connectivity index (χ1v) is 5.41. The van der Waals surface area contributed by atoms with Gasteiger partial charge in [-0.15, -0.1) is 5.10 Å². The minimum absolute atomic E-state index is 0.204. The highest BCUT2D eigenvalue weighted by Gasteiger charge is 2.29. The molecule has 1 heterocycles. The lowest BCUT2D eigenvalue weighted by atomic mass is 10.7. The molecule has 14 heavy (non-hydrogen) atoms. The van der Waals surface area contributed by atoms with E-state index in [0.29, 0.717) is 6.20 Å². The van der Waals surface area contributed by atoms with Gasteiger partial charge in [-0.25, -0.2) is 8.42 Å². The Kier molecular flexibility index (Phi) is 2.72. The predicted molar refractivity (Wildman–Crippen MR) is 39.1 cm³/mol. The van der Waals surface area contributed by atoms with Crippen molar-refractivity contribution in [1.29, 1.82) is 0 Å². The van der Waals surface area contributed by atoms with Crippen LogP contribution in [0.5, 0.6) is 0 Å². The molecule has 0 aromatic carbocycles. The molecule has 0 aliphatic heterocycles. The molecule has 1 rings (SSSR count). The van der Waals surface area contributed by atoms with Crippen LogP contribution in [0.15, 0.2) is 11.2 Å². The van der Waals surface area contributed by atoms with Gasteiger partial charge >= 0.3 is 6.18 Å². The van der Waals surface area contributed by atoms with Crippen LogP contribution in [-0.4, -0.2) is 29.6 Å². The topological polar surface area (TPSA) is 64.8 Å². The average Bonchev–Trinajstić information content (AvgIpc) is 2.29. The van der Waals surface area contributed by atoms with Crippen LogP contribution >= 0.6 is 10.7 Å². The van der Waals surface area contributed by atoms with Gasteiger partial charge in [0.1, 0.15) is 0 Å². The molecule has 0 aliphatic carbocycles. The van der Waals surface area contributed by atoms with Gasteiger partial charge in [0.25, 0.3) is 9.05 Å². The first kappa shape index (κ1) is 11.2. The van der Waals surface area contributed by atoms with Crippen molar-refractivity contribution in [3.63, 3.8) is 0 Å². The van der Waals surface area contributed by atoms with E-state index in [9.17, 15) is 21.6 Å². The lowest BCUT2D eigenvalue weighted by Crippen LogP contribution is -2.19. The number of alkyl halides is 3. The molecular formula is C4H3ClF3N3O2S. The van der Waals surface area contributed by atoms with Crippen molar-refractivity contribution in [3.8, 4) is 0 Å². The number of halogens is 4. The molecule has 0 bridgehead atoms. The Morgan fingerprint density at radius 1 is 1.50 bits per heavy atom. The molecule has 0 spiro atoms. The van der Waals surface area contributed by atoms with Crippen LogP contribution in [0.2, 0.25) is 0 Å². The number of aromatic nitrogens is 3. The highest BCUT2D eigenvalue weighted by Crippen LogP contribution is 2.17. The van der Waals surface area contributed by atoms with Crippen molar-refractivity contribution in [3.05, 3.63) is 6.20 Å². The third kappa shape index (κ3) is 3.14. The van der Waals surface area contributed by atoms with Crippen molar-refractivity contribution in [2.75, 3.05) is 0 Å². The van der Waals surface area contributed by atoms with Gasteiger partial charge in [0.2, 0.25) is 5.03 Å². The standard InChI is InChI=1S/C4H3ClF3N3O2S/c5-14(12,13)3-1-9-11(10-3)2-4(6,7)8/h1H,2H2. The molecule has 0 N–H and O–H groups in total. The minimum Gasteiger partial charge on any atom is -0.205 e. The van der Waals surface area contributed by atoms with Gasteiger partial charge < -0.3 is 0 Å². The summed E-state index contributed by atoms with van der Waals surface area (Å²) < 4.78 is 56.5. The summed E-state index contributed by atoms with van der Waals surface area (Å²) in [7, 11) is 0.691. The second-order valence-corrected chi connectivity index (χ2v) is 4.78. The number of hydrogen-bond acceptors (Lipinski definition) is 4. The molecule has 5 nitrogen and oxygen atoms in total. The minimum atomic E-state index is -4.51. The summed E-state index contributed by atoms with van der Waals surface area (Å²) in [6.07, 6.45) is -3.86. The summed E-state index contributed by atoms with van der Waals surface area (Å²) in [6, 6.07) is 0. The molecule has 0 aliphatic rings. The Bertz CT molecular complexity index is 425. The predicted octanol–water partition coefficient (Wildman–Crippen LogP) is 0.768. The lowest BCUT2D eigenvalue weighted by molar-refractivity contribution is -0.145. The third-order valence-corrected chi connectivity index (χ3v) is 2.25. The summed E-state index contributed by atoms with van der Waals surface area (Å²) in [5, 5.41) is 5.42. The van der Waals surface area contributed by atoms with Gasteiger partial charge in [-0.1, -0.05) is 0 Å². The molecule has 0 amide bonds. The summed E-state index contributed by atoms with van der Waals surface area (Å²) in [6.45, 7) is -1.46. The molecule has 0 radical (unpaired) electrons. The Morgan fingerprint density at radius 2 is 2.07 bits per heavy atom.